The van der Waals surface area contributed by atoms with Gasteiger partial charge in [-0.1, -0.05) is 120 Å². The summed E-state index contributed by atoms with van der Waals surface area (Å²) >= 11 is 18.3. The van der Waals surface area contributed by atoms with Gasteiger partial charge in [0.1, 0.15) is 0 Å². The third-order valence-electron chi connectivity index (χ3n) is 23.3. The molecule has 0 saturated heterocycles. The van der Waals surface area contributed by atoms with Gasteiger partial charge in [0, 0.05) is 83.2 Å². The van der Waals surface area contributed by atoms with Crippen LogP contribution in [-0.2, 0) is 50.5 Å². The Balaban J connectivity index is 0.000000231. The molecule has 730 valence electrons. The van der Waals surface area contributed by atoms with Crippen molar-refractivity contribution in [1.29, 1.82) is 10.5 Å². The molecule has 135 heavy (non-hydrogen) atoms. The second-order valence-electron chi connectivity index (χ2n) is 34.1. The number of benzene rings is 8. The standard InChI is InChI=1S/C22H28F3NO4.C21H21F3N2O2.C20H18ClF3N2O2.C19H18Cl2F3NO2.C16H20F3NO2/c1-3-30-20(28)15-6-10-17(11-7-15)26(18-12-13-18)19(27)14-4-8-16(9-5-14)21(2,29)22(23,24)25;1-3-26(14-16-6-4-15(5-7-16)12-13-25)19(27)17-8-10-18(11-9-17)20(2,28)21(22,23)24;1-12(2)26(17-10-13(11-25)4-9-16(17)21)18(27)14-5-7-15(8-6-14)19(3,28)20(22,23)24;1-11(2)25(16-9-8-14(20)10-15(16)21)17(26)12-4-6-13(7-5-12)18(3,27)19(22,23)24;1-3-20(10-11-4-5-11)14(21)12-6-8-13(9-7-12)15(2,22)16(17,18)19/h4-5,8-9,15,17-18,29H,3,6-7,10-13H2,1-2H3;4-11,28H,3,12,14H2,1-2H3;4-10,12,28H,1-3H3;4-11,27H,1-3H3;6-9,11,22H,3-5,10H2,1-2H3/t15?,17?,21-;;;;/m0..../s1. The van der Waals surface area contributed by atoms with Crippen LogP contribution >= 0.6 is 34.8 Å². The van der Waals surface area contributed by atoms with E-state index in [9.17, 15) is 120 Å². The van der Waals surface area contributed by atoms with Crippen LogP contribution in [0.1, 0.15) is 231 Å². The van der Waals surface area contributed by atoms with E-state index in [2.05, 4.69) is 6.07 Å². The van der Waals surface area contributed by atoms with Crippen LogP contribution in [0, 0.1) is 34.5 Å². The van der Waals surface area contributed by atoms with Gasteiger partial charge in [-0.25, -0.2) is 0 Å². The molecule has 3 saturated carbocycles. The summed E-state index contributed by atoms with van der Waals surface area (Å²) in [5.41, 5.74) is -12.6. The van der Waals surface area contributed by atoms with Crippen LogP contribution in [0.3, 0.4) is 0 Å². The molecule has 5 atom stereocenters. The van der Waals surface area contributed by atoms with Crippen molar-refractivity contribution in [1.82, 2.24) is 14.7 Å². The number of hydrogen-bond donors (Lipinski definition) is 5. The number of rotatable bonds is 25. The van der Waals surface area contributed by atoms with Gasteiger partial charge in [-0.05, 0) is 276 Å². The highest BCUT2D eigenvalue weighted by atomic mass is 35.5. The molecule has 0 heterocycles. The predicted octanol–water partition coefficient (Wildman–Crippen LogP) is 22.6. The Kier molecular flexibility index (Phi) is 37.4. The van der Waals surface area contributed by atoms with Gasteiger partial charge in [0.25, 0.3) is 29.5 Å². The number of ether oxygens (including phenoxy) is 1. The Labute approximate surface area is 787 Å². The number of anilines is 2. The molecule has 11 rings (SSSR count). The number of hydrogen-bond acceptors (Lipinski definition) is 14. The summed E-state index contributed by atoms with van der Waals surface area (Å²) in [4.78, 5) is 84.0. The van der Waals surface area contributed by atoms with E-state index in [1.807, 2.05) is 49.1 Å². The summed E-state index contributed by atoms with van der Waals surface area (Å²) in [6.45, 7) is 18.3. The molecule has 0 aromatic heterocycles. The lowest BCUT2D eigenvalue weighted by molar-refractivity contribution is -0.259. The number of halogens is 18. The highest BCUT2D eigenvalue weighted by Crippen LogP contribution is 2.46. The Morgan fingerprint density at radius 3 is 1.03 bits per heavy atom. The Hall–Kier alpha value is -10.8. The lowest BCUT2D eigenvalue weighted by Gasteiger charge is -2.36. The second kappa shape index (κ2) is 45.4. The van der Waals surface area contributed by atoms with Crippen LogP contribution in [0.2, 0.25) is 15.1 Å². The first kappa shape index (κ1) is 111. The third kappa shape index (κ3) is 28.0. The van der Waals surface area contributed by atoms with Crippen molar-refractivity contribution >= 4 is 81.7 Å². The summed E-state index contributed by atoms with van der Waals surface area (Å²) in [5.74, 6) is -1.43. The first-order valence-electron chi connectivity index (χ1n) is 42.9. The SMILES string of the molecule is CC(C)N(C(=O)c1ccc(C(C)(O)C(F)(F)F)cc1)c1cc(C#N)ccc1Cl.CC(C)N(C(=O)c1ccc(C(C)(O)C(F)(F)F)cc1)c1ccc(Cl)cc1Cl.CCN(CC1CC1)C(=O)c1ccc(C(C)(O)C(F)(F)F)cc1.CCN(Cc1ccc(CC#N)cc1)C(=O)c1ccc(C(C)(O)C(F)(F)F)cc1.CCOC(=O)C1CCC(N(C(=O)c2ccc([C@](C)(O)C(F)(F)F)cc2)C2CC2)CC1. The molecule has 3 fully saturated rings. The normalized spacial score (nSPS) is 16.7. The molecule has 3 aliphatic rings. The molecular formula is C98H105Cl3F15N7O12. The zero-order valence-corrected chi connectivity index (χ0v) is 78.0. The van der Waals surface area contributed by atoms with Crippen molar-refractivity contribution in [3.8, 4) is 12.1 Å². The number of amides is 5. The van der Waals surface area contributed by atoms with Gasteiger partial charge in [-0.15, -0.1) is 0 Å². The summed E-state index contributed by atoms with van der Waals surface area (Å²) in [5, 5.41) is 67.4. The largest absolute Gasteiger partial charge is 0.466 e. The van der Waals surface area contributed by atoms with Gasteiger partial charge in [0.15, 0.2) is 28.0 Å². The molecule has 5 amide bonds. The fourth-order valence-electron chi connectivity index (χ4n) is 14.2. The average molecular weight is 1960 g/mol. The minimum atomic E-state index is -4.85. The number of aliphatic hydroxyl groups is 5. The van der Waals surface area contributed by atoms with E-state index in [1.54, 1.807) is 56.6 Å². The average Bonchev–Trinajstić information content (AvgIpc) is 1.36. The van der Waals surface area contributed by atoms with Crippen molar-refractivity contribution in [2.75, 3.05) is 36.0 Å². The zero-order valence-electron chi connectivity index (χ0n) is 75.7. The summed E-state index contributed by atoms with van der Waals surface area (Å²) in [7, 11) is 0. The number of alkyl halides is 15. The fraction of sp³-hybridized carbons (Fsp3) is 0.429. The lowest BCUT2D eigenvalue weighted by atomic mass is 9.85. The molecule has 19 nitrogen and oxygen atoms in total. The van der Waals surface area contributed by atoms with Crippen molar-refractivity contribution in [2.24, 2.45) is 11.8 Å². The maximum Gasteiger partial charge on any atom is 0.421 e. The van der Waals surface area contributed by atoms with Gasteiger partial charge in [0.2, 0.25) is 0 Å². The molecule has 5 N–H and O–H groups in total. The number of carbonyl (C=O) groups is 6. The molecule has 0 spiro atoms. The van der Waals surface area contributed by atoms with Gasteiger partial charge in [-0.2, -0.15) is 76.4 Å². The van der Waals surface area contributed by atoms with Gasteiger partial charge >= 0.3 is 36.9 Å². The summed E-state index contributed by atoms with van der Waals surface area (Å²) < 4.78 is 199. The van der Waals surface area contributed by atoms with Crippen LogP contribution in [0.4, 0.5) is 77.2 Å². The minimum absolute atomic E-state index is 0.00800. The molecule has 8 aromatic carbocycles. The molecule has 0 aliphatic heterocycles. The van der Waals surface area contributed by atoms with Crippen molar-refractivity contribution in [2.45, 2.75) is 230 Å². The highest BCUT2D eigenvalue weighted by Gasteiger charge is 2.55. The molecule has 3 aliphatic carbocycles. The molecule has 8 aromatic rings. The summed E-state index contributed by atoms with van der Waals surface area (Å²) in [6.07, 6.45) is -17.0. The quantitative estimate of drug-likeness (QED) is 0.0263. The Morgan fingerprint density at radius 2 is 0.726 bits per heavy atom. The maximum atomic E-state index is 13.2. The molecule has 0 radical (unpaired) electrons. The van der Waals surface area contributed by atoms with Gasteiger partial charge in [-0.3, -0.25) is 28.8 Å². The fourth-order valence-corrected chi connectivity index (χ4v) is 14.9. The molecule has 4 unspecified atom stereocenters. The Morgan fingerprint density at radius 1 is 0.400 bits per heavy atom. The smallest absolute Gasteiger partial charge is 0.421 e. The van der Waals surface area contributed by atoms with E-state index < -0.39 is 70.7 Å². The third-order valence-corrected chi connectivity index (χ3v) is 24.1. The van der Waals surface area contributed by atoms with Crippen molar-refractivity contribution < 1.29 is 125 Å². The molecule has 37 heteroatoms. The highest BCUT2D eigenvalue weighted by molar-refractivity contribution is 6.37. The predicted molar refractivity (Wildman–Crippen MR) is 479 cm³/mol. The lowest BCUT2D eigenvalue weighted by Crippen LogP contribution is -2.44. The van der Waals surface area contributed by atoms with Crippen molar-refractivity contribution in [3.63, 3.8) is 0 Å². The minimum Gasteiger partial charge on any atom is -0.466 e. The van der Waals surface area contributed by atoms with Crippen LogP contribution in [0.5, 0.6) is 0 Å². The molecule has 0 bridgehead atoms. The van der Waals surface area contributed by atoms with Gasteiger partial charge in [0.05, 0.1) is 58.1 Å². The number of carbonyl (C=O) groups excluding carboxylic acids is 6. The maximum absolute atomic E-state index is 13.2. The monoisotopic (exact) mass is 1960 g/mol. The van der Waals surface area contributed by atoms with E-state index in [1.165, 1.54) is 94.7 Å². The van der Waals surface area contributed by atoms with Crippen molar-refractivity contribution in [3.05, 3.63) is 269 Å². The van der Waals surface area contributed by atoms with Crippen LogP contribution in [0.15, 0.2) is 182 Å². The zero-order chi connectivity index (χ0) is 101. The Bertz CT molecular complexity index is 5450. The second-order valence-corrected chi connectivity index (χ2v) is 35.4. The topological polar surface area (TPSA) is 277 Å². The van der Waals surface area contributed by atoms with Crippen LogP contribution < -0.4 is 9.80 Å². The first-order valence-corrected chi connectivity index (χ1v) is 44.0. The first-order chi connectivity index (χ1) is 62.6. The van der Waals surface area contributed by atoms with E-state index >= 15 is 0 Å². The number of esters is 1. The number of nitrogens with zero attached hydrogens (tertiary/aromatic N) is 7. The van der Waals surface area contributed by atoms with Gasteiger partial charge < -0.3 is 54.8 Å². The summed E-state index contributed by atoms with van der Waals surface area (Å²) in [6, 6.07) is 44.1. The van der Waals surface area contributed by atoms with E-state index in [-0.39, 0.29) is 108 Å². The van der Waals surface area contributed by atoms with Crippen LogP contribution in [0.25, 0.3) is 0 Å². The van der Waals surface area contributed by atoms with E-state index in [0.717, 1.165) is 97.5 Å². The molecular weight excluding hydrogens is 1860 g/mol. The van der Waals surface area contributed by atoms with E-state index in [4.69, 9.17) is 50.1 Å². The number of nitriles is 2. The van der Waals surface area contributed by atoms with Crippen LogP contribution in [-0.4, -0.2) is 157 Å². The van der Waals surface area contributed by atoms with E-state index in [0.29, 0.717) is 139 Å².